The Morgan fingerprint density at radius 1 is 1.03 bits per heavy atom. The van der Waals surface area contributed by atoms with E-state index >= 15 is 0 Å². The Bertz CT molecular complexity index is 1440. The van der Waals surface area contributed by atoms with Gasteiger partial charge >= 0.3 is 5.97 Å². The van der Waals surface area contributed by atoms with Crippen molar-refractivity contribution in [3.05, 3.63) is 80.5 Å². The van der Waals surface area contributed by atoms with E-state index in [0.29, 0.717) is 10.4 Å². The predicted octanol–water partition coefficient (Wildman–Crippen LogP) is -0.613. The number of furan rings is 1. The van der Waals surface area contributed by atoms with Gasteiger partial charge in [-0.1, -0.05) is 0 Å². The maximum Gasteiger partial charge on any atom is 0.335 e. The van der Waals surface area contributed by atoms with Crippen molar-refractivity contribution >= 4 is 29.2 Å². The molecular formula is C18H16N10O5. The van der Waals surface area contributed by atoms with Gasteiger partial charge in [0, 0.05) is 11.4 Å². The predicted molar refractivity (Wildman–Crippen MR) is 114 cm³/mol. The zero-order valence-corrected chi connectivity index (χ0v) is 16.7. The van der Waals surface area contributed by atoms with E-state index in [-0.39, 0.29) is 40.9 Å². The number of aromatic nitrogens is 6. The van der Waals surface area contributed by atoms with Crippen molar-refractivity contribution in [2.24, 2.45) is 0 Å². The molecule has 0 aliphatic heterocycles. The molecule has 7 N–H and O–H groups in total. The molecule has 0 saturated carbocycles. The third-order valence-electron chi connectivity index (χ3n) is 4.36. The van der Waals surface area contributed by atoms with E-state index in [9.17, 15) is 19.5 Å². The Balaban J connectivity index is 1.65. The van der Waals surface area contributed by atoms with E-state index in [1.54, 1.807) is 12.1 Å². The van der Waals surface area contributed by atoms with Gasteiger partial charge in [-0.25, -0.2) is 4.79 Å². The third-order valence-corrected chi connectivity index (χ3v) is 4.36. The van der Waals surface area contributed by atoms with Gasteiger partial charge in [0.05, 0.1) is 18.2 Å². The van der Waals surface area contributed by atoms with Gasteiger partial charge in [0.25, 0.3) is 11.1 Å². The number of nitrogens with one attached hydrogen (secondary N) is 2. The van der Waals surface area contributed by atoms with Crippen LogP contribution in [-0.4, -0.2) is 40.8 Å². The second kappa shape index (κ2) is 8.50. The molecule has 0 aliphatic rings. The molecule has 33 heavy (non-hydrogen) atoms. The SMILES string of the molecule is Nn1c(Nc2cc(Nc3nnc(Cc4ccco4)c(=O)n3N)cc(C(=O)O)c2)nncc1=O. The summed E-state index contributed by atoms with van der Waals surface area (Å²) in [5, 5.41) is 29.9. The van der Waals surface area contributed by atoms with Crippen molar-refractivity contribution in [2.45, 2.75) is 6.42 Å². The van der Waals surface area contributed by atoms with E-state index in [0.717, 1.165) is 10.9 Å². The summed E-state index contributed by atoms with van der Waals surface area (Å²) in [6.45, 7) is 0. The third kappa shape index (κ3) is 4.46. The number of carboxylic acid groups (broad SMARTS) is 1. The number of anilines is 4. The molecule has 0 aliphatic carbocycles. The summed E-state index contributed by atoms with van der Waals surface area (Å²) in [5.41, 5.74) is -0.932. The normalized spacial score (nSPS) is 10.7. The van der Waals surface area contributed by atoms with Crippen molar-refractivity contribution in [2.75, 3.05) is 22.3 Å². The highest BCUT2D eigenvalue weighted by molar-refractivity contribution is 5.91. The number of benzene rings is 1. The van der Waals surface area contributed by atoms with E-state index in [1.807, 2.05) is 0 Å². The van der Waals surface area contributed by atoms with Crippen LogP contribution < -0.4 is 33.4 Å². The number of carbonyl (C=O) groups is 1. The molecule has 0 bridgehead atoms. The van der Waals surface area contributed by atoms with Crippen LogP contribution in [0.4, 0.5) is 23.3 Å². The van der Waals surface area contributed by atoms with Crippen LogP contribution in [-0.2, 0) is 6.42 Å². The summed E-state index contributed by atoms with van der Waals surface area (Å²) in [4.78, 5) is 35.7. The molecule has 4 rings (SSSR count). The zero-order chi connectivity index (χ0) is 23.5. The number of hydrogen-bond donors (Lipinski definition) is 5. The summed E-state index contributed by atoms with van der Waals surface area (Å²) >= 11 is 0. The van der Waals surface area contributed by atoms with Crippen LogP contribution in [0.25, 0.3) is 0 Å². The Kier molecular flexibility index (Phi) is 5.42. The minimum Gasteiger partial charge on any atom is -0.478 e. The Hall–Kier alpha value is -5.21. The van der Waals surface area contributed by atoms with Gasteiger partial charge < -0.3 is 31.8 Å². The first-order valence-corrected chi connectivity index (χ1v) is 9.20. The minimum atomic E-state index is -1.24. The summed E-state index contributed by atoms with van der Waals surface area (Å²) in [7, 11) is 0. The van der Waals surface area contributed by atoms with E-state index < -0.39 is 17.1 Å². The van der Waals surface area contributed by atoms with Crippen LogP contribution >= 0.6 is 0 Å². The van der Waals surface area contributed by atoms with Gasteiger partial charge in [-0.3, -0.25) is 9.59 Å². The van der Waals surface area contributed by atoms with Gasteiger partial charge in [0.2, 0.25) is 11.9 Å². The summed E-state index contributed by atoms with van der Waals surface area (Å²) in [6, 6.07) is 7.36. The molecule has 0 spiro atoms. The van der Waals surface area contributed by atoms with E-state index in [4.69, 9.17) is 16.1 Å². The molecule has 3 heterocycles. The molecule has 0 atom stereocenters. The van der Waals surface area contributed by atoms with Crippen LogP contribution in [0.5, 0.6) is 0 Å². The smallest absolute Gasteiger partial charge is 0.335 e. The maximum atomic E-state index is 12.5. The fraction of sp³-hybridized carbons (Fsp3) is 0.0556. The minimum absolute atomic E-state index is 0.0585. The Morgan fingerprint density at radius 2 is 1.73 bits per heavy atom. The van der Waals surface area contributed by atoms with Crippen LogP contribution in [0.3, 0.4) is 0 Å². The molecule has 0 fully saturated rings. The van der Waals surface area contributed by atoms with Crippen LogP contribution in [0, 0.1) is 0 Å². The number of nitrogens with two attached hydrogens (primary N) is 2. The van der Waals surface area contributed by atoms with Crippen molar-refractivity contribution in [3.63, 3.8) is 0 Å². The standard InChI is InChI=1S/C18H16N10O5/c19-27-14(29)8-21-25-17(27)22-10-4-9(16(31)32)5-11(6-10)23-18-26-24-13(15(30)28(18)20)7-12-2-1-3-33-12/h1-6,8H,7,19-20H2,(H,22,25)(H,23,26)(H,31,32). The number of hydrogen-bond acceptors (Lipinski definition) is 12. The molecule has 15 heteroatoms. The first kappa shape index (κ1) is 21.0. The summed E-state index contributed by atoms with van der Waals surface area (Å²) in [6.07, 6.45) is 2.48. The van der Waals surface area contributed by atoms with Gasteiger partial charge in [-0.05, 0) is 30.3 Å². The molecule has 0 unspecified atom stereocenters. The number of rotatable bonds is 7. The first-order chi connectivity index (χ1) is 15.8. The average molecular weight is 452 g/mol. The van der Waals surface area contributed by atoms with Crippen molar-refractivity contribution in [1.82, 2.24) is 29.7 Å². The molecule has 4 aromatic rings. The Labute approximate surface area is 183 Å². The summed E-state index contributed by atoms with van der Waals surface area (Å²) < 4.78 is 6.64. The molecule has 168 valence electrons. The second-order valence-electron chi connectivity index (χ2n) is 6.63. The number of carboxylic acids is 1. The topological polar surface area (TPSA) is 222 Å². The first-order valence-electron chi connectivity index (χ1n) is 9.20. The van der Waals surface area contributed by atoms with Crippen LogP contribution in [0.1, 0.15) is 21.8 Å². The quantitative estimate of drug-likeness (QED) is 0.221. The van der Waals surface area contributed by atoms with Gasteiger partial charge in [0.1, 0.15) is 17.7 Å². The maximum absolute atomic E-state index is 12.5. The van der Waals surface area contributed by atoms with Crippen LogP contribution in [0.2, 0.25) is 0 Å². The van der Waals surface area contributed by atoms with Gasteiger partial charge in [0.15, 0.2) is 0 Å². The number of nitrogens with zero attached hydrogens (tertiary/aromatic N) is 6. The van der Waals surface area contributed by atoms with Crippen molar-refractivity contribution in [3.8, 4) is 0 Å². The lowest BCUT2D eigenvalue weighted by Gasteiger charge is -2.13. The van der Waals surface area contributed by atoms with E-state index in [1.165, 1.54) is 24.5 Å². The molecule has 1 aromatic carbocycles. The summed E-state index contributed by atoms with van der Waals surface area (Å²) in [5.74, 6) is 10.5. The molecule has 15 nitrogen and oxygen atoms in total. The highest BCUT2D eigenvalue weighted by Crippen LogP contribution is 2.23. The zero-order valence-electron chi connectivity index (χ0n) is 16.7. The monoisotopic (exact) mass is 452 g/mol. The Morgan fingerprint density at radius 3 is 2.36 bits per heavy atom. The largest absolute Gasteiger partial charge is 0.478 e. The highest BCUT2D eigenvalue weighted by Gasteiger charge is 2.15. The molecule has 0 radical (unpaired) electrons. The number of aromatic carboxylic acids is 1. The van der Waals surface area contributed by atoms with E-state index in [2.05, 4.69) is 31.0 Å². The second-order valence-corrected chi connectivity index (χ2v) is 6.63. The molecule has 0 saturated heterocycles. The molecule has 3 aromatic heterocycles. The van der Waals surface area contributed by atoms with Crippen LogP contribution in [0.15, 0.2) is 56.8 Å². The molecule has 0 amide bonds. The fourth-order valence-corrected chi connectivity index (χ4v) is 2.79. The lowest BCUT2D eigenvalue weighted by molar-refractivity contribution is 0.0697. The van der Waals surface area contributed by atoms with Crippen molar-refractivity contribution in [1.29, 1.82) is 0 Å². The highest BCUT2D eigenvalue weighted by atomic mass is 16.4. The lowest BCUT2D eigenvalue weighted by atomic mass is 10.1. The van der Waals surface area contributed by atoms with Gasteiger partial charge in [-0.2, -0.15) is 9.35 Å². The fourth-order valence-electron chi connectivity index (χ4n) is 2.79. The number of nitrogen functional groups attached to an aromatic ring is 2. The van der Waals surface area contributed by atoms with Gasteiger partial charge in [-0.15, -0.1) is 20.4 Å². The lowest BCUT2D eigenvalue weighted by Crippen LogP contribution is -2.34. The molecular weight excluding hydrogens is 436 g/mol. The van der Waals surface area contributed by atoms with Crippen molar-refractivity contribution < 1.29 is 14.3 Å². The average Bonchev–Trinajstić information content (AvgIpc) is 3.30.